The summed E-state index contributed by atoms with van der Waals surface area (Å²) >= 11 is 0. The van der Waals surface area contributed by atoms with Crippen molar-refractivity contribution in [3.05, 3.63) is 53.9 Å². The van der Waals surface area contributed by atoms with Crippen LogP contribution < -0.4 is 4.90 Å². The summed E-state index contributed by atoms with van der Waals surface area (Å²) in [5.74, 6) is 0.0328. The van der Waals surface area contributed by atoms with E-state index in [0.29, 0.717) is 19.0 Å². The lowest BCUT2D eigenvalue weighted by molar-refractivity contribution is -0.137. The third-order valence-corrected chi connectivity index (χ3v) is 6.69. The number of anilines is 1. The lowest BCUT2D eigenvalue weighted by Gasteiger charge is -2.34. The maximum atomic E-state index is 13.0. The van der Waals surface area contributed by atoms with Gasteiger partial charge in [-0.2, -0.15) is 0 Å². The van der Waals surface area contributed by atoms with Crippen molar-refractivity contribution in [3.63, 3.8) is 0 Å². The summed E-state index contributed by atoms with van der Waals surface area (Å²) in [4.78, 5) is 29.5. The van der Waals surface area contributed by atoms with E-state index in [0.717, 1.165) is 44.5 Å². The number of fused-ring (bicyclic) bond motifs is 1. The number of hydrogen-bond acceptors (Lipinski definition) is 2. The normalized spacial score (nSPS) is 22.7. The highest BCUT2D eigenvalue weighted by Crippen LogP contribution is 2.32. The molecular weight excluding hydrogens is 350 g/mol. The second-order valence-corrected chi connectivity index (χ2v) is 8.40. The standard InChI is InChI=1S/C23H27N3O2/c27-22-15-19(16-26(22)21-7-6-17-4-3-5-18(17)14-21)23(28)25-12-8-20(9-13-25)24-10-1-2-11-24/h1-2,6-7,10-11,14,19-20H,3-5,8-9,12-13,15-16H2. The van der Waals surface area contributed by atoms with Gasteiger partial charge in [-0.3, -0.25) is 9.59 Å². The van der Waals surface area contributed by atoms with Crippen molar-refractivity contribution < 1.29 is 9.59 Å². The van der Waals surface area contributed by atoms with Gasteiger partial charge in [-0.1, -0.05) is 6.07 Å². The molecular formula is C23H27N3O2. The number of carbonyl (C=O) groups excluding carboxylic acids is 2. The first-order chi connectivity index (χ1) is 13.7. The largest absolute Gasteiger partial charge is 0.351 e. The summed E-state index contributed by atoms with van der Waals surface area (Å²) in [5.41, 5.74) is 3.74. The molecule has 1 atom stereocenters. The van der Waals surface area contributed by atoms with Crippen molar-refractivity contribution in [2.75, 3.05) is 24.5 Å². The van der Waals surface area contributed by atoms with Gasteiger partial charge in [-0.15, -0.1) is 0 Å². The SMILES string of the molecule is O=C(C1CC(=O)N(c2ccc3c(c2)CCC3)C1)N1CCC(n2cccc2)CC1. The van der Waals surface area contributed by atoms with E-state index in [1.807, 2.05) is 9.80 Å². The highest BCUT2D eigenvalue weighted by molar-refractivity contribution is 6.00. The van der Waals surface area contributed by atoms with Crippen LogP contribution >= 0.6 is 0 Å². The Bertz CT molecular complexity index is 881. The molecule has 1 aliphatic carbocycles. The molecule has 2 aromatic rings. The molecule has 0 bridgehead atoms. The highest BCUT2D eigenvalue weighted by atomic mass is 16.2. The fourth-order valence-corrected chi connectivity index (χ4v) is 5.08. The molecule has 1 unspecified atom stereocenters. The van der Waals surface area contributed by atoms with Crippen molar-refractivity contribution in [1.82, 2.24) is 9.47 Å². The Balaban J connectivity index is 1.23. The van der Waals surface area contributed by atoms with Crippen LogP contribution in [-0.4, -0.2) is 40.9 Å². The van der Waals surface area contributed by atoms with E-state index in [2.05, 4.69) is 47.3 Å². The van der Waals surface area contributed by atoms with Crippen LogP contribution in [0.4, 0.5) is 5.69 Å². The predicted octanol–water partition coefficient (Wildman–Crippen LogP) is 3.19. The van der Waals surface area contributed by atoms with Gasteiger partial charge in [0.05, 0.1) is 5.92 Å². The first-order valence-corrected chi connectivity index (χ1v) is 10.5. The number of hydrogen-bond donors (Lipinski definition) is 0. The average Bonchev–Trinajstić information content (AvgIpc) is 3.47. The molecule has 28 heavy (non-hydrogen) atoms. The molecule has 2 amide bonds. The number of piperidine rings is 1. The topological polar surface area (TPSA) is 45.6 Å². The Kier molecular flexibility index (Phi) is 4.46. The Hall–Kier alpha value is -2.56. The van der Waals surface area contributed by atoms with Crippen LogP contribution in [0, 0.1) is 5.92 Å². The molecule has 3 aliphatic rings. The second-order valence-electron chi connectivity index (χ2n) is 8.40. The Labute approximate surface area is 165 Å². The summed E-state index contributed by atoms with van der Waals surface area (Å²) in [6.45, 7) is 2.09. The van der Waals surface area contributed by atoms with E-state index in [9.17, 15) is 9.59 Å². The number of aromatic nitrogens is 1. The second kappa shape index (κ2) is 7.12. The zero-order valence-corrected chi connectivity index (χ0v) is 16.2. The molecule has 5 nitrogen and oxygen atoms in total. The number of nitrogens with zero attached hydrogens (tertiary/aromatic N) is 3. The molecule has 0 saturated carbocycles. The first kappa shape index (κ1) is 17.5. The fraction of sp³-hybridized carbons (Fsp3) is 0.478. The molecule has 1 aromatic heterocycles. The molecule has 2 aliphatic heterocycles. The predicted molar refractivity (Wildman–Crippen MR) is 108 cm³/mol. The van der Waals surface area contributed by atoms with Gasteiger partial charge in [0.2, 0.25) is 11.8 Å². The number of rotatable bonds is 3. The van der Waals surface area contributed by atoms with Gasteiger partial charge in [0.25, 0.3) is 0 Å². The quantitative estimate of drug-likeness (QED) is 0.825. The summed E-state index contributed by atoms with van der Waals surface area (Å²) < 4.78 is 2.25. The third kappa shape index (κ3) is 3.13. The molecule has 3 heterocycles. The zero-order valence-electron chi connectivity index (χ0n) is 16.2. The van der Waals surface area contributed by atoms with Crippen LogP contribution in [0.15, 0.2) is 42.7 Å². The molecule has 0 spiro atoms. The van der Waals surface area contributed by atoms with E-state index in [-0.39, 0.29) is 17.7 Å². The van der Waals surface area contributed by atoms with Gasteiger partial charge in [0.1, 0.15) is 0 Å². The smallest absolute Gasteiger partial charge is 0.228 e. The Morgan fingerprint density at radius 2 is 1.75 bits per heavy atom. The van der Waals surface area contributed by atoms with Gasteiger partial charge in [-0.25, -0.2) is 0 Å². The van der Waals surface area contributed by atoms with Crippen LogP contribution in [0.2, 0.25) is 0 Å². The van der Waals surface area contributed by atoms with E-state index in [1.165, 1.54) is 17.5 Å². The Morgan fingerprint density at radius 1 is 1.00 bits per heavy atom. The Morgan fingerprint density at radius 3 is 2.54 bits per heavy atom. The van der Waals surface area contributed by atoms with Gasteiger partial charge in [0.15, 0.2) is 0 Å². The molecule has 0 N–H and O–H groups in total. The van der Waals surface area contributed by atoms with Gasteiger partial charge in [-0.05, 0) is 67.5 Å². The molecule has 2 fully saturated rings. The van der Waals surface area contributed by atoms with Crippen molar-refractivity contribution in [1.29, 1.82) is 0 Å². The lowest BCUT2D eigenvalue weighted by atomic mass is 10.0. The minimum Gasteiger partial charge on any atom is -0.351 e. The fourth-order valence-electron chi connectivity index (χ4n) is 5.08. The van der Waals surface area contributed by atoms with Gasteiger partial charge in [0, 0.05) is 50.2 Å². The first-order valence-electron chi connectivity index (χ1n) is 10.5. The molecule has 0 radical (unpaired) electrons. The monoisotopic (exact) mass is 377 g/mol. The average molecular weight is 377 g/mol. The van der Waals surface area contributed by atoms with Crippen molar-refractivity contribution >= 4 is 17.5 Å². The van der Waals surface area contributed by atoms with Crippen molar-refractivity contribution in [3.8, 4) is 0 Å². The zero-order chi connectivity index (χ0) is 19.1. The minimum absolute atomic E-state index is 0.0820. The third-order valence-electron chi connectivity index (χ3n) is 6.69. The van der Waals surface area contributed by atoms with Crippen molar-refractivity contribution in [2.24, 2.45) is 5.92 Å². The summed E-state index contributed by atoms with van der Waals surface area (Å²) in [6, 6.07) is 11.0. The summed E-state index contributed by atoms with van der Waals surface area (Å²) in [7, 11) is 0. The molecule has 5 rings (SSSR count). The molecule has 1 aromatic carbocycles. The van der Waals surface area contributed by atoms with E-state index in [4.69, 9.17) is 0 Å². The van der Waals surface area contributed by atoms with Crippen LogP contribution in [0.1, 0.15) is 42.9 Å². The van der Waals surface area contributed by atoms with E-state index < -0.39 is 0 Å². The van der Waals surface area contributed by atoms with Crippen LogP contribution in [0.3, 0.4) is 0 Å². The minimum atomic E-state index is -0.205. The summed E-state index contributed by atoms with van der Waals surface area (Å²) in [5, 5.41) is 0. The van der Waals surface area contributed by atoms with Crippen LogP contribution in [-0.2, 0) is 22.4 Å². The number of likely N-dealkylation sites (tertiary alicyclic amines) is 1. The van der Waals surface area contributed by atoms with Gasteiger partial charge >= 0.3 is 0 Å². The van der Waals surface area contributed by atoms with Crippen LogP contribution in [0.25, 0.3) is 0 Å². The number of carbonyl (C=O) groups is 2. The van der Waals surface area contributed by atoms with E-state index >= 15 is 0 Å². The number of aryl methyl sites for hydroxylation is 2. The summed E-state index contributed by atoms with van der Waals surface area (Å²) in [6.07, 6.45) is 9.96. The van der Waals surface area contributed by atoms with Gasteiger partial charge < -0.3 is 14.4 Å². The van der Waals surface area contributed by atoms with Crippen molar-refractivity contribution in [2.45, 2.75) is 44.6 Å². The maximum absolute atomic E-state index is 13.0. The molecule has 5 heteroatoms. The maximum Gasteiger partial charge on any atom is 0.228 e. The molecule has 146 valence electrons. The number of benzene rings is 1. The number of amides is 2. The van der Waals surface area contributed by atoms with E-state index in [1.54, 1.807) is 0 Å². The lowest BCUT2D eigenvalue weighted by Crippen LogP contribution is -2.42. The van der Waals surface area contributed by atoms with Crippen LogP contribution in [0.5, 0.6) is 0 Å². The molecule has 2 saturated heterocycles. The highest BCUT2D eigenvalue weighted by Gasteiger charge is 2.38.